The Morgan fingerprint density at radius 2 is 1.89 bits per heavy atom. The first-order valence-electron chi connectivity index (χ1n) is 3.14. The summed E-state index contributed by atoms with van der Waals surface area (Å²) in [5.41, 5.74) is 0. The molecule has 0 atom stereocenters. The maximum Gasteiger partial charge on any atom is 0.111 e. The highest BCUT2D eigenvalue weighted by molar-refractivity contribution is 6.27. The zero-order chi connectivity index (χ0) is 7.28. The number of hydrogen-bond acceptors (Lipinski definition) is 1. The fourth-order valence-corrected chi connectivity index (χ4v) is 0.859. The van der Waals surface area contributed by atoms with Gasteiger partial charge in [-0.25, -0.2) is 0 Å². The Bertz CT molecular complexity index is 89.1. The van der Waals surface area contributed by atoms with E-state index in [1.807, 2.05) is 18.7 Å². The lowest BCUT2D eigenvalue weighted by Crippen LogP contribution is -2.30. The van der Waals surface area contributed by atoms with E-state index in [9.17, 15) is 0 Å². The van der Waals surface area contributed by atoms with Crippen LogP contribution >= 0.6 is 11.6 Å². The molecule has 54 valence electrons. The maximum atomic E-state index is 7.29. The number of hydrogen-bond donors (Lipinski definition) is 1. The van der Waals surface area contributed by atoms with Crippen molar-refractivity contribution >= 4 is 17.4 Å². The molecular weight excluding hydrogens is 136 g/mol. The van der Waals surface area contributed by atoms with Crippen molar-refractivity contribution in [3.63, 3.8) is 0 Å². The predicted octanol–water partition coefficient (Wildman–Crippen LogP) is 1.54. The van der Waals surface area contributed by atoms with Crippen LogP contribution in [0.2, 0.25) is 0 Å². The quantitative estimate of drug-likeness (QED) is 0.367. The standard InChI is InChI=1S/C6H13ClN2/c1-3-9(4-2)6(8)5-7/h8H,3-5H2,1-2H3. The molecule has 0 saturated heterocycles. The molecule has 1 N–H and O–H groups in total. The Balaban J connectivity index is 3.64. The van der Waals surface area contributed by atoms with E-state index in [0.29, 0.717) is 11.7 Å². The van der Waals surface area contributed by atoms with Crippen LogP contribution in [-0.4, -0.2) is 29.7 Å². The fraction of sp³-hybridized carbons (Fsp3) is 0.833. The molecule has 0 spiro atoms. The van der Waals surface area contributed by atoms with E-state index in [1.165, 1.54) is 0 Å². The summed E-state index contributed by atoms with van der Waals surface area (Å²) in [5.74, 6) is 0.837. The van der Waals surface area contributed by atoms with Gasteiger partial charge in [0, 0.05) is 13.1 Å². The van der Waals surface area contributed by atoms with Crippen LogP contribution in [0, 0.1) is 5.41 Å². The van der Waals surface area contributed by atoms with Crippen LogP contribution in [0.15, 0.2) is 0 Å². The van der Waals surface area contributed by atoms with Gasteiger partial charge < -0.3 is 4.90 Å². The van der Waals surface area contributed by atoms with Crippen LogP contribution in [0.4, 0.5) is 0 Å². The minimum Gasteiger partial charge on any atom is -0.360 e. The van der Waals surface area contributed by atoms with Gasteiger partial charge >= 0.3 is 0 Å². The number of nitrogens with one attached hydrogen (secondary N) is 1. The van der Waals surface area contributed by atoms with Gasteiger partial charge in [0.15, 0.2) is 0 Å². The smallest absolute Gasteiger partial charge is 0.111 e. The van der Waals surface area contributed by atoms with Crippen LogP contribution in [0.25, 0.3) is 0 Å². The van der Waals surface area contributed by atoms with E-state index in [1.54, 1.807) is 0 Å². The molecule has 0 rings (SSSR count). The molecule has 0 aromatic heterocycles. The van der Waals surface area contributed by atoms with Crippen molar-refractivity contribution in [3.05, 3.63) is 0 Å². The van der Waals surface area contributed by atoms with E-state index in [4.69, 9.17) is 17.0 Å². The molecule has 0 aromatic rings. The molecule has 0 radical (unpaired) electrons. The van der Waals surface area contributed by atoms with Crippen molar-refractivity contribution in [2.75, 3.05) is 19.0 Å². The van der Waals surface area contributed by atoms with Gasteiger partial charge in [0.2, 0.25) is 0 Å². The molecule has 9 heavy (non-hydrogen) atoms. The minimum atomic E-state index is 0.321. The first-order chi connectivity index (χ1) is 4.26. The van der Waals surface area contributed by atoms with E-state index in [0.717, 1.165) is 13.1 Å². The summed E-state index contributed by atoms with van der Waals surface area (Å²) in [6, 6.07) is 0. The highest BCUT2D eigenvalue weighted by Crippen LogP contribution is 1.90. The zero-order valence-corrected chi connectivity index (χ0v) is 6.70. The normalized spacial score (nSPS) is 9.22. The monoisotopic (exact) mass is 148 g/mol. The van der Waals surface area contributed by atoms with Crippen molar-refractivity contribution < 1.29 is 0 Å². The number of rotatable bonds is 3. The Kier molecular flexibility index (Phi) is 4.50. The van der Waals surface area contributed by atoms with Crippen molar-refractivity contribution in [2.24, 2.45) is 0 Å². The maximum absolute atomic E-state index is 7.29. The Hall–Kier alpha value is -0.240. The summed E-state index contributed by atoms with van der Waals surface area (Å²) in [6.07, 6.45) is 0. The van der Waals surface area contributed by atoms with Crippen LogP contribution in [0.5, 0.6) is 0 Å². The molecule has 0 bridgehead atoms. The first-order valence-corrected chi connectivity index (χ1v) is 3.68. The number of halogens is 1. The van der Waals surface area contributed by atoms with E-state index in [2.05, 4.69) is 0 Å². The summed E-state index contributed by atoms with van der Waals surface area (Å²) in [4.78, 5) is 1.92. The molecule has 2 nitrogen and oxygen atoms in total. The lowest BCUT2D eigenvalue weighted by molar-refractivity contribution is 0.460. The van der Waals surface area contributed by atoms with E-state index in [-0.39, 0.29) is 0 Å². The van der Waals surface area contributed by atoms with Crippen molar-refractivity contribution in [1.29, 1.82) is 5.41 Å². The lowest BCUT2D eigenvalue weighted by Gasteiger charge is -2.19. The van der Waals surface area contributed by atoms with Crippen molar-refractivity contribution in [1.82, 2.24) is 4.90 Å². The summed E-state index contributed by atoms with van der Waals surface area (Å²) in [6.45, 7) is 5.79. The molecule has 0 amide bonds. The zero-order valence-electron chi connectivity index (χ0n) is 5.95. The largest absolute Gasteiger partial charge is 0.360 e. The SMILES string of the molecule is CCN(CC)C(=N)CCl. The molecule has 0 fully saturated rings. The van der Waals surface area contributed by atoms with Crippen LogP contribution in [0.3, 0.4) is 0 Å². The third-order valence-electron chi connectivity index (χ3n) is 1.27. The molecule has 0 unspecified atom stereocenters. The number of alkyl halides is 1. The van der Waals surface area contributed by atoms with Crippen LogP contribution in [0.1, 0.15) is 13.8 Å². The highest BCUT2D eigenvalue weighted by atomic mass is 35.5. The van der Waals surface area contributed by atoms with E-state index < -0.39 is 0 Å². The van der Waals surface area contributed by atoms with Gasteiger partial charge in [-0.3, -0.25) is 5.41 Å². The highest BCUT2D eigenvalue weighted by Gasteiger charge is 2.00. The van der Waals surface area contributed by atoms with Gasteiger partial charge in [0.05, 0.1) is 5.88 Å². The van der Waals surface area contributed by atoms with Gasteiger partial charge in [-0.1, -0.05) is 0 Å². The molecule has 0 saturated carbocycles. The van der Waals surface area contributed by atoms with Crippen LogP contribution < -0.4 is 0 Å². The molecule has 3 heteroatoms. The molecule has 0 aromatic carbocycles. The topological polar surface area (TPSA) is 27.1 Å². The average molecular weight is 149 g/mol. The van der Waals surface area contributed by atoms with Gasteiger partial charge in [-0.05, 0) is 13.8 Å². The average Bonchev–Trinajstić information content (AvgIpc) is 1.90. The number of amidine groups is 1. The molecule has 0 aliphatic heterocycles. The predicted molar refractivity (Wildman–Crippen MR) is 41.4 cm³/mol. The second-order valence-electron chi connectivity index (χ2n) is 1.75. The van der Waals surface area contributed by atoms with Gasteiger partial charge in [-0.2, -0.15) is 0 Å². The van der Waals surface area contributed by atoms with Gasteiger partial charge in [-0.15, -0.1) is 11.6 Å². The second-order valence-corrected chi connectivity index (χ2v) is 2.02. The lowest BCUT2D eigenvalue weighted by atomic mass is 10.5. The Labute approximate surface area is 61.3 Å². The van der Waals surface area contributed by atoms with Gasteiger partial charge in [0.1, 0.15) is 5.84 Å². The molecular formula is C6H13ClN2. The van der Waals surface area contributed by atoms with Crippen molar-refractivity contribution in [3.8, 4) is 0 Å². The first kappa shape index (κ1) is 8.76. The minimum absolute atomic E-state index is 0.321. The summed E-state index contributed by atoms with van der Waals surface area (Å²) in [5, 5.41) is 7.29. The van der Waals surface area contributed by atoms with Gasteiger partial charge in [0.25, 0.3) is 0 Å². The van der Waals surface area contributed by atoms with Crippen LogP contribution in [-0.2, 0) is 0 Å². The molecule has 0 aliphatic carbocycles. The summed E-state index contributed by atoms with van der Waals surface area (Å²) in [7, 11) is 0. The third-order valence-corrected chi connectivity index (χ3v) is 1.52. The Morgan fingerprint density at radius 3 is 2.00 bits per heavy atom. The van der Waals surface area contributed by atoms with Crippen molar-refractivity contribution in [2.45, 2.75) is 13.8 Å². The second kappa shape index (κ2) is 4.62. The number of nitrogens with zero attached hydrogens (tertiary/aromatic N) is 1. The fourth-order valence-electron chi connectivity index (χ4n) is 0.690. The molecule has 0 aliphatic rings. The Morgan fingerprint density at radius 1 is 1.44 bits per heavy atom. The third kappa shape index (κ3) is 2.70. The van der Waals surface area contributed by atoms with E-state index >= 15 is 0 Å². The molecule has 0 heterocycles. The summed E-state index contributed by atoms with van der Waals surface area (Å²) >= 11 is 5.44. The summed E-state index contributed by atoms with van der Waals surface area (Å²) < 4.78 is 0.